The summed E-state index contributed by atoms with van der Waals surface area (Å²) in [5, 5.41) is 0.335. The van der Waals surface area contributed by atoms with Crippen LogP contribution < -0.4 is 4.74 Å². The zero-order valence-electron chi connectivity index (χ0n) is 14.9. The fourth-order valence-electron chi connectivity index (χ4n) is 2.97. The zero-order valence-corrected chi connectivity index (χ0v) is 15.6. The summed E-state index contributed by atoms with van der Waals surface area (Å²) in [6.45, 7) is 2.33. The highest BCUT2D eigenvalue weighted by Gasteiger charge is 2.28. The molecular formula is C19H14ClF3N4O. The maximum atomic E-state index is 12.5. The summed E-state index contributed by atoms with van der Waals surface area (Å²) in [7, 11) is 0. The van der Waals surface area contributed by atoms with Gasteiger partial charge in [0.05, 0.1) is 22.4 Å². The van der Waals surface area contributed by atoms with Gasteiger partial charge in [-0.15, -0.1) is 0 Å². The lowest BCUT2D eigenvalue weighted by molar-refractivity contribution is -0.153. The van der Waals surface area contributed by atoms with Crippen molar-refractivity contribution in [2.75, 3.05) is 6.61 Å². The van der Waals surface area contributed by atoms with E-state index in [9.17, 15) is 13.2 Å². The van der Waals surface area contributed by atoms with Gasteiger partial charge in [0.2, 0.25) is 0 Å². The molecule has 0 saturated heterocycles. The second-order valence-electron chi connectivity index (χ2n) is 6.34. The van der Waals surface area contributed by atoms with Crippen molar-refractivity contribution in [1.82, 2.24) is 19.4 Å². The van der Waals surface area contributed by atoms with Crippen molar-refractivity contribution < 1.29 is 17.9 Å². The summed E-state index contributed by atoms with van der Waals surface area (Å²) in [5.74, 6) is 0.499. The van der Waals surface area contributed by atoms with Crippen LogP contribution in [-0.4, -0.2) is 32.1 Å². The minimum atomic E-state index is -4.43. The molecule has 0 fully saturated rings. The lowest BCUT2D eigenvalue weighted by Crippen LogP contribution is -2.19. The van der Waals surface area contributed by atoms with Crippen LogP contribution in [0.3, 0.4) is 0 Å². The number of hydrogen-bond donors (Lipinski definition) is 0. The molecule has 3 heterocycles. The van der Waals surface area contributed by atoms with Crippen LogP contribution in [0.1, 0.15) is 11.4 Å². The van der Waals surface area contributed by atoms with E-state index in [1.807, 2.05) is 26.0 Å². The van der Waals surface area contributed by atoms with Crippen LogP contribution in [0.5, 0.6) is 5.75 Å². The summed E-state index contributed by atoms with van der Waals surface area (Å²) >= 11 is 6.33. The lowest BCUT2D eigenvalue weighted by Gasteiger charge is -2.12. The molecule has 0 aliphatic rings. The Morgan fingerprint density at radius 1 is 1.11 bits per heavy atom. The minimum absolute atomic E-state index is 0.0488. The van der Waals surface area contributed by atoms with Crippen molar-refractivity contribution in [3.63, 3.8) is 0 Å². The zero-order chi connectivity index (χ0) is 20.1. The molecule has 0 amide bonds. The highest BCUT2D eigenvalue weighted by molar-refractivity contribution is 6.33. The van der Waals surface area contributed by atoms with Gasteiger partial charge in [0, 0.05) is 11.3 Å². The molecule has 144 valence electrons. The first-order valence-corrected chi connectivity index (χ1v) is 8.71. The number of hydrogen-bond acceptors (Lipinski definition) is 4. The predicted octanol–water partition coefficient (Wildman–Crippen LogP) is 5.16. The maximum absolute atomic E-state index is 12.5. The number of nitrogens with zero attached hydrogens (tertiary/aromatic N) is 4. The Hall–Kier alpha value is -2.87. The average molecular weight is 407 g/mol. The normalized spacial score (nSPS) is 12.1. The Bertz CT molecular complexity index is 1200. The standard InChI is InChI=1S/C19H14ClF3N4O/c1-10-3-6-15-18(25-10)27-16(11(2)26-15)8-24-17(27)13-7-12(4-5-14(13)20)28-9-19(21,22)23/h3-8H,9H2,1-2H3. The average Bonchev–Trinajstić information content (AvgIpc) is 3.07. The Balaban J connectivity index is 1.92. The van der Waals surface area contributed by atoms with Crippen molar-refractivity contribution in [3.05, 3.63) is 52.9 Å². The molecule has 0 aliphatic carbocycles. The van der Waals surface area contributed by atoms with Crippen molar-refractivity contribution in [2.24, 2.45) is 0 Å². The van der Waals surface area contributed by atoms with Crippen LogP contribution in [0, 0.1) is 13.8 Å². The smallest absolute Gasteiger partial charge is 0.422 e. The molecule has 0 aliphatic heterocycles. The topological polar surface area (TPSA) is 52.3 Å². The van der Waals surface area contributed by atoms with Gasteiger partial charge in [0.15, 0.2) is 12.3 Å². The molecule has 0 N–H and O–H groups in total. The van der Waals surface area contributed by atoms with Gasteiger partial charge in [0.1, 0.15) is 17.1 Å². The first-order chi connectivity index (χ1) is 13.2. The van der Waals surface area contributed by atoms with Gasteiger partial charge in [-0.1, -0.05) is 11.6 Å². The van der Waals surface area contributed by atoms with Gasteiger partial charge in [-0.25, -0.2) is 15.0 Å². The second kappa shape index (κ2) is 6.63. The molecule has 0 bridgehead atoms. The fourth-order valence-corrected chi connectivity index (χ4v) is 3.17. The van der Waals surface area contributed by atoms with Gasteiger partial charge in [-0.05, 0) is 44.2 Å². The van der Waals surface area contributed by atoms with Gasteiger partial charge >= 0.3 is 6.18 Å². The van der Waals surface area contributed by atoms with Gasteiger partial charge < -0.3 is 4.74 Å². The van der Waals surface area contributed by atoms with E-state index in [2.05, 4.69) is 15.0 Å². The molecule has 0 spiro atoms. The van der Waals surface area contributed by atoms with Crippen molar-refractivity contribution in [3.8, 4) is 17.1 Å². The number of pyridine rings is 1. The van der Waals surface area contributed by atoms with Crippen LogP contribution >= 0.6 is 11.6 Å². The van der Waals surface area contributed by atoms with Gasteiger partial charge in [0.25, 0.3) is 0 Å². The summed E-state index contributed by atoms with van der Waals surface area (Å²) in [4.78, 5) is 13.5. The molecule has 3 aromatic heterocycles. The lowest BCUT2D eigenvalue weighted by atomic mass is 10.2. The highest BCUT2D eigenvalue weighted by atomic mass is 35.5. The van der Waals surface area contributed by atoms with Crippen molar-refractivity contribution in [1.29, 1.82) is 0 Å². The summed E-state index contributed by atoms with van der Waals surface area (Å²) in [5.41, 5.74) is 3.99. The van der Waals surface area contributed by atoms with Crippen molar-refractivity contribution in [2.45, 2.75) is 20.0 Å². The first-order valence-electron chi connectivity index (χ1n) is 8.34. The molecule has 0 atom stereocenters. The molecule has 1 aromatic carbocycles. The molecule has 28 heavy (non-hydrogen) atoms. The van der Waals surface area contributed by atoms with Crippen LogP contribution in [0.4, 0.5) is 13.2 Å². The highest BCUT2D eigenvalue weighted by Crippen LogP contribution is 2.33. The number of halogens is 4. The number of aryl methyl sites for hydroxylation is 2. The maximum Gasteiger partial charge on any atom is 0.422 e. The summed E-state index contributed by atoms with van der Waals surface area (Å²) in [6.07, 6.45) is -2.79. The van der Waals surface area contributed by atoms with Crippen LogP contribution in [0.2, 0.25) is 5.02 Å². The number of fused-ring (bicyclic) bond motifs is 3. The molecule has 4 rings (SSSR count). The van der Waals surface area contributed by atoms with E-state index in [1.54, 1.807) is 10.6 Å². The van der Waals surface area contributed by atoms with Gasteiger partial charge in [-0.3, -0.25) is 4.40 Å². The largest absolute Gasteiger partial charge is 0.484 e. The summed E-state index contributed by atoms with van der Waals surface area (Å²) in [6, 6.07) is 8.04. The minimum Gasteiger partial charge on any atom is -0.484 e. The number of imidazole rings is 1. The van der Waals surface area contributed by atoms with E-state index in [0.29, 0.717) is 27.6 Å². The molecule has 0 unspecified atom stereocenters. The summed E-state index contributed by atoms with van der Waals surface area (Å²) < 4.78 is 44.1. The van der Waals surface area contributed by atoms with Crippen LogP contribution in [0.15, 0.2) is 36.5 Å². The van der Waals surface area contributed by atoms with E-state index in [0.717, 1.165) is 16.9 Å². The molecule has 0 radical (unpaired) electrons. The third kappa shape index (κ3) is 3.35. The number of benzene rings is 1. The Labute approximate surface area is 162 Å². The third-order valence-corrected chi connectivity index (χ3v) is 4.54. The Kier molecular flexibility index (Phi) is 4.38. The molecule has 5 nitrogen and oxygen atoms in total. The van der Waals surface area contributed by atoms with E-state index in [1.165, 1.54) is 18.2 Å². The van der Waals surface area contributed by atoms with Crippen LogP contribution in [-0.2, 0) is 0 Å². The van der Waals surface area contributed by atoms with E-state index < -0.39 is 12.8 Å². The van der Waals surface area contributed by atoms with Gasteiger partial charge in [-0.2, -0.15) is 13.2 Å². The molecular weight excluding hydrogens is 393 g/mol. The number of ether oxygens (including phenoxy) is 1. The monoisotopic (exact) mass is 406 g/mol. The fraction of sp³-hybridized carbons (Fsp3) is 0.211. The van der Waals surface area contributed by atoms with Crippen LogP contribution in [0.25, 0.3) is 28.1 Å². The quantitative estimate of drug-likeness (QED) is 0.472. The molecule has 0 saturated carbocycles. The predicted molar refractivity (Wildman–Crippen MR) is 99.8 cm³/mol. The van der Waals surface area contributed by atoms with E-state index in [4.69, 9.17) is 16.3 Å². The van der Waals surface area contributed by atoms with E-state index >= 15 is 0 Å². The Morgan fingerprint density at radius 2 is 1.89 bits per heavy atom. The Morgan fingerprint density at radius 3 is 2.64 bits per heavy atom. The number of rotatable bonds is 3. The SMILES string of the molecule is Cc1ccc2nc(C)c3cnc(-c4cc(OCC(F)(F)F)ccc4Cl)n3c2n1. The number of alkyl halides is 3. The number of aromatic nitrogens is 4. The molecule has 9 heteroatoms. The third-order valence-electron chi connectivity index (χ3n) is 4.21. The van der Waals surface area contributed by atoms with Crippen molar-refractivity contribution >= 4 is 28.3 Å². The van der Waals surface area contributed by atoms with E-state index in [-0.39, 0.29) is 5.75 Å². The first kappa shape index (κ1) is 18.5. The molecule has 4 aromatic rings. The second-order valence-corrected chi connectivity index (χ2v) is 6.75.